The minimum Gasteiger partial charge on any atom is -0.464 e. The first-order valence-electron chi connectivity index (χ1n) is 7.33. The van der Waals surface area contributed by atoms with Gasteiger partial charge in [0, 0.05) is 15.5 Å². The summed E-state index contributed by atoms with van der Waals surface area (Å²) in [5.41, 5.74) is 0. The van der Waals surface area contributed by atoms with Crippen LogP contribution < -0.4 is 9.46 Å². The number of ether oxygens (including phenoxy) is 1. The maximum Gasteiger partial charge on any atom is 0.316 e. The van der Waals surface area contributed by atoms with Gasteiger partial charge in [-0.05, 0) is 70.8 Å². The van der Waals surface area contributed by atoms with E-state index >= 15 is 0 Å². The van der Waals surface area contributed by atoms with E-state index in [-0.39, 0.29) is 4.90 Å². The molecule has 0 radical (unpaired) electrons. The highest BCUT2D eigenvalue weighted by molar-refractivity contribution is 9.13. The zero-order valence-electron chi connectivity index (χ0n) is 13.5. The van der Waals surface area contributed by atoms with Gasteiger partial charge in [-0.25, -0.2) is 13.1 Å². The Labute approximate surface area is 158 Å². The Morgan fingerprint density at radius 2 is 1.96 bits per heavy atom. The molecule has 0 saturated carbocycles. The monoisotopic (exact) mass is 480 g/mol. The van der Waals surface area contributed by atoms with Crippen molar-refractivity contribution in [2.24, 2.45) is 0 Å². The van der Waals surface area contributed by atoms with E-state index in [1.165, 1.54) is 12.1 Å². The predicted octanol–water partition coefficient (Wildman–Crippen LogP) is 3.26. The molecule has 0 bridgehead atoms. The molecule has 1 N–H and O–H groups in total. The van der Waals surface area contributed by atoms with Gasteiger partial charge < -0.3 is 4.74 Å². The Kier molecular flexibility index (Phi) is 6.40. The van der Waals surface area contributed by atoms with Gasteiger partial charge in [-0.15, -0.1) is 5.10 Å². The van der Waals surface area contributed by atoms with Crippen molar-refractivity contribution < 1.29 is 13.2 Å². The van der Waals surface area contributed by atoms with E-state index in [0.29, 0.717) is 29.5 Å². The van der Waals surface area contributed by atoms with E-state index in [0.717, 1.165) is 4.47 Å². The van der Waals surface area contributed by atoms with Crippen molar-refractivity contribution in [2.45, 2.75) is 38.3 Å². The van der Waals surface area contributed by atoms with Gasteiger partial charge in [0.15, 0.2) is 5.82 Å². The summed E-state index contributed by atoms with van der Waals surface area (Å²) in [4.78, 5) is 0.164. The van der Waals surface area contributed by atoms with Crippen LogP contribution in [0.15, 0.2) is 32.0 Å². The Bertz CT molecular complexity index is 823. The van der Waals surface area contributed by atoms with E-state index in [1.807, 2.05) is 13.8 Å². The van der Waals surface area contributed by atoms with Crippen LogP contribution in [0, 0.1) is 0 Å². The minimum absolute atomic E-state index is 0.164. The van der Waals surface area contributed by atoms with Gasteiger partial charge in [-0.1, -0.05) is 5.10 Å². The van der Waals surface area contributed by atoms with Gasteiger partial charge in [-0.2, -0.15) is 0 Å². The third kappa shape index (κ3) is 4.16. The van der Waals surface area contributed by atoms with Crippen LogP contribution in [-0.4, -0.2) is 29.8 Å². The fraction of sp³-hybridized carbons (Fsp3) is 0.429. The zero-order chi connectivity index (χ0) is 17.9. The molecule has 0 fully saturated rings. The lowest BCUT2D eigenvalue weighted by atomic mass is 10.3. The normalized spacial score (nSPS) is 13.0. The lowest BCUT2D eigenvalue weighted by Crippen LogP contribution is -2.29. The zero-order valence-corrected chi connectivity index (χ0v) is 17.4. The molecular weight excluding hydrogens is 464 g/mol. The second-order valence-electron chi connectivity index (χ2n) is 4.94. The summed E-state index contributed by atoms with van der Waals surface area (Å²) >= 11 is 6.63. The van der Waals surface area contributed by atoms with Crippen LogP contribution in [0.25, 0.3) is 0 Å². The largest absolute Gasteiger partial charge is 0.464 e. The topological polar surface area (TPSA) is 86.1 Å². The van der Waals surface area contributed by atoms with Crippen LogP contribution in [0.2, 0.25) is 0 Å². The highest BCUT2D eigenvalue weighted by atomic mass is 79.9. The van der Waals surface area contributed by atoms with Crippen LogP contribution >= 0.6 is 31.9 Å². The summed E-state index contributed by atoms with van der Waals surface area (Å²) < 4.78 is 36.4. The highest BCUT2D eigenvalue weighted by Gasteiger charge is 2.24. The molecule has 2 rings (SSSR count). The highest BCUT2D eigenvalue weighted by Crippen LogP contribution is 2.26. The number of nitrogens with one attached hydrogen (secondary N) is 1. The number of nitrogens with zero attached hydrogens (tertiary/aromatic N) is 3. The number of benzene rings is 1. The molecule has 0 aliphatic rings. The predicted molar refractivity (Wildman–Crippen MR) is 97.4 cm³/mol. The second kappa shape index (κ2) is 7.94. The summed E-state index contributed by atoms with van der Waals surface area (Å²) in [6, 6.07) is 4.56. The fourth-order valence-electron chi connectivity index (χ4n) is 2.15. The molecule has 0 spiro atoms. The van der Waals surface area contributed by atoms with Gasteiger partial charge in [0.05, 0.1) is 17.5 Å². The van der Waals surface area contributed by atoms with E-state index in [4.69, 9.17) is 4.74 Å². The molecule has 0 unspecified atom stereocenters. The maximum absolute atomic E-state index is 12.6. The number of hydrogen-bond acceptors (Lipinski definition) is 5. The SMILES string of the molecule is CCOc1nnc([C@@H](C)NS(=O)(=O)c2ccc(Br)c(Br)c2)n1CC. The van der Waals surface area contributed by atoms with Crippen LogP contribution in [0.4, 0.5) is 0 Å². The molecule has 0 saturated heterocycles. The molecule has 0 aliphatic heterocycles. The second-order valence-corrected chi connectivity index (χ2v) is 8.36. The maximum atomic E-state index is 12.6. The van der Waals surface area contributed by atoms with Crippen LogP contribution in [0.1, 0.15) is 32.6 Å². The molecule has 24 heavy (non-hydrogen) atoms. The summed E-state index contributed by atoms with van der Waals surface area (Å²) in [6.45, 7) is 6.53. The lowest BCUT2D eigenvalue weighted by Gasteiger charge is -2.15. The molecule has 1 aromatic heterocycles. The molecular formula is C14H18Br2N4O3S. The molecule has 7 nitrogen and oxygen atoms in total. The molecule has 132 valence electrons. The first-order valence-corrected chi connectivity index (χ1v) is 10.4. The third-order valence-electron chi connectivity index (χ3n) is 3.26. The summed E-state index contributed by atoms with van der Waals surface area (Å²) in [5, 5.41) is 8.03. The van der Waals surface area contributed by atoms with E-state index < -0.39 is 16.1 Å². The fourth-order valence-corrected chi connectivity index (χ4v) is 4.16. The Morgan fingerprint density at radius 1 is 1.25 bits per heavy atom. The number of aromatic nitrogens is 3. The van der Waals surface area contributed by atoms with E-state index in [1.54, 1.807) is 17.6 Å². The number of halogens is 2. The first-order chi connectivity index (χ1) is 11.3. The number of sulfonamides is 1. The summed E-state index contributed by atoms with van der Waals surface area (Å²) in [6.07, 6.45) is 0. The molecule has 10 heteroatoms. The smallest absolute Gasteiger partial charge is 0.316 e. The average Bonchev–Trinajstić information content (AvgIpc) is 2.92. The first kappa shape index (κ1) is 19.4. The van der Waals surface area contributed by atoms with E-state index in [2.05, 4.69) is 46.8 Å². The van der Waals surface area contributed by atoms with Crippen LogP contribution in [0.3, 0.4) is 0 Å². The van der Waals surface area contributed by atoms with Gasteiger partial charge >= 0.3 is 6.01 Å². The molecule has 2 aromatic rings. The van der Waals surface area contributed by atoms with Crippen molar-refractivity contribution in [3.05, 3.63) is 33.0 Å². The Morgan fingerprint density at radius 3 is 2.54 bits per heavy atom. The Hall–Kier alpha value is -0.970. The average molecular weight is 482 g/mol. The minimum atomic E-state index is -3.70. The van der Waals surface area contributed by atoms with Crippen LogP contribution in [0.5, 0.6) is 6.01 Å². The van der Waals surface area contributed by atoms with E-state index in [9.17, 15) is 8.42 Å². The van der Waals surface area contributed by atoms with Gasteiger partial charge in [0.25, 0.3) is 0 Å². The number of hydrogen-bond donors (Lipinski definition) is 1. The van der Waals surface area contributed by atoms with Gasteiger partial charge in [0.1, 0.15) is 0 Å². The van der Waals surface area contributed by atoms with Crippen molar-refractivity contribution in [1.29, 1.82) is 0 Å². The quantitative estimate of drug-likeness (QED) is 0.655. The standard InChI is InChI=1S/C14H18Br2N4O3S/c1-4-20-13(17-18-14(20)23-5-2)9(3)19-24(21,22)10-6-7-11(15)12(16)8-10/h6-9,19H,4-5H2,1-3H3/t9-/m1/s1. The third-order valence-corrected chi connectivity index (χ3v) is 6.67. The van der Waals surface area contributed by atoms with Gasteiger partial charge in [-0.3, -0.25) is 4.57 Å². The van der Waals surface area contributed by atoms with Crippen molar-refractivity contribution in [3.8, 4) is 6.01 Å². The molecule has 1 atom stereocenters. The molecule has 0 aliphatic carbocycles. The van der Waals surface area contributed by atoms with Crippen molar-refractivity contribution >= 4 is 41.9 Å². The van der Waals surface area contributed by atoms with Gasteiger partial charge in [0.2, 0.25) is 10.0 Å². The molecule has 1 heterocycles. The van der Waals surface area contributed by atoms with Crippen molar-refractivity contribution in [3.63, 3.8) is 0 Å². The Balaban J connectivity index is 2.28. The van der Waals surface area contributed by atoms with Crippen molar-refractivity contribution in [1.82, 2.24) is 19.5 Å². The van der Waals surface area contributed by atoms with Crippen molar-refractivity contribution in [2.75, 3.05) is 6.61 Å². The lowest BCUT2D eigenvalue weighted by molar-refractivity contribution is 0.294. The molecule has 0 amide bonds. The van der Waals surface area contributed by atoms with Crippen LogP contribution in [-0.2, 0) is 16.6 Å². The number of rotatable bonds is 7. The summed E-state index contributed by atoms with van der Waals surface area (Å²) in [7, 11) is -3.70. The summed E-state index contributed by atoms with van der Waals surface area (Å²) in [5.74, 6) is 0.501. The molecule has 1 aromatic carbocycles.